The van der Waals surface area contributed by atoms with E-state index in [9.17, 15) is 4.79 Å². The van der Waals surface area contributed by atoms with Crippen LogP contribution in [0.2, 0.25) is 0 Å². The highest BCUT2D eigenvalue weighted by Gasteiger charge is 2.31. The maximum atomic E-state index is 12.3. The topological polar surface area (TPSA) is 50.2 Å². The molecule has 1 fully saturated rings. The van der Waals surface area contributed by atoms with Crippen molar-refractivity contribution in [1.29, 1.82) is 0 Å². The van der Waals surface area contributed by atoms with E-state index >= 15 is 0 Å². The van der Waals surface area contributed by atoms with Crippen LogP contribution in [0.1, 0.15) is 22.9 Å². The summed E-state index contributed by atoms with van der Waals surface area (Å²) in [6, 6.07) is 9.72. The van der Waals surface area contributed by atoms with Crippen LogP contribution in [0.15, 0.2) is 36.5 Å². The van der Waals surface area contributed by atoms with Crippen LogP contribution >= 0.6 is 0 Å². The Morgan fingerprint density at radius 2 is 2.10 bits per heavy atom. The molecule has 5 heteroatoms. The molecule has 0 spiro atoms. The number of carbonyl (C=O) groups excluding carboxylic acids is 1. The van der Waals surface area contributed by atoms with Gasteiger partial charge in [-0.15, -0.1) is 0 Å². The molecule has 0 bridgehead atoms. The predicted octanol–water partition coefficient (Wildman–Crippen LogP) is 1.40. The molecule has 2 aromatic rings. The third kappa shape index (κ3) is 2.69. The van der Waals surface area contributed by atoms with Gasteiger partial charge in [0.15, 0.2) is 0 Å². The minimum atomic E-state index is -0.228. The van der Waals surface area contributed by atoms with Crippen molar-refractivity contribution in [3.05, 3.63) is 53.3 Å². The second-order valence-electron chi connectivity index (χ2n) is 5.47. The van der Waals surface area contributed by atoms with Gasteiger partial charge in [-0.3, -0.25) is 14.4 Å². The number of aryl methyl sites for hydroxylation is 2. The fourth-order valence-corrected chi connectivity index (χ4v) is 2.87. The number of rotatable bonds is 3. The normalized spacial score (nSPS) is 19.5. The van der Waals surface area contributed by atoms with Gasteiger partial charge in [0.25, 0.3) is 0 Å². The molecule has 1 unspecified atom stereocenters. The van der Waals surface area contributed by atoms with Crippen LogP contribution in [0.4, 0.5) is 0 Å². The summed E-state index contributed by atoms with van der Waals surface area (Å²) in [7, 11) is 1.95. The fraction of sp³-hybridized carbons (Fsp3) is 0.375. The van der Waals surface area contributed by atoms with Crippen LogP contribution < -0.4 is 5.32 Å². The van der Waals surface area contributed by atoms with E-state index in [0.29, 0.717) is 6.54 Å². The second kappa shape index (κ2) is 5.69. The van der Waals surface area contributed by atoms with Crippen LogP contribution in [-0.4, -0.2) is 33.7 Å². The van der Waals surface area contributed by atoms with Gasteiger partial charge in [0, 0.05) is 26.7 Å². The Kier molecular flexibility index (Phi) is 3.75. The van der Waals surface area contributed by atoms with Crippen LogP contribution in [0.25, 0.3) is 0 Å². The van der Waals surface area contributed by atoms with E-state index in [1.165, 1.54) is 0 Å². The zero-order valence-corrected chi connectivity index (χ0v) is 12.4. The Morgan fingerprint density at radius 1 is 1.33 bits per heavy atom. The highest BCUT2D eigenvalue weighted by molar-refractivity contribution is 5.83. The van der Waals surface area contributed by atoms with Gasteiger partial charge in [0.05, 0.1) is 11.9 Å². The van der Waals surface area contributed by atoms with Gasteiger partial charge in [-0.1, -0.05) is 30.3 Å². The van der Waals surface area contributed by atoms with E-state index in [4.69, 9.17) is 0 Å². The zero-order valence-electron chi connectivity index (χ0n) is 12.4. The number of benzene rings is 1. The Hall–Kier alpha value is -2.14. The lowest BCUT2D eigenvalue weighted by molar-refractivity contribution is -0.129. The summed E-state index contributed by atoms with van der Waals surface area (Å²) >= 11 is 0. The molecule has 21 heavy (non-hydrogen) atoms. The lowest BCUT2D eigenvalue weighted by Crippen LogP contribution is -2.49. The molecule has 1 aliphatic heterocycles. The van der Waals surface area contributed by atoms with E-state index in [1.807, 2.05) is 48.3 Å². The first-order valence-corrected chi connectivity index (χ1v) is 7.21. The molecule has 3 rings (SSSR count). The second-order valence-corrected chi connectivity index (χ2v) is 5.47. The Balaban J connectivity index is 1.90. The molecule has 1 aromatic heterocycles. The largest absolute Gasteiger partial charge is 0.353 e. The maximum Gasteiger partial charge on any atom is 0.242 e. The monoisotopic (exact) mass is 284 g/mol. The first kappa shape index (κ1) is 13.8. The fourth-order valence-electron chi connectivity index (χ4n) is 2.87. The smallest absolute Gasteiger partial charge is 0.242 e. The summed E-state index contributed by atoms with van der Waals surface area (Å²) in [5.41, 5.74) is 3.36. The number of hydrogen-bond donors (Lipinski definition) is 1. The molecule has 1 amide bonds. The molecule has 1 aromatic carbocycles. The molecular formula is C16H20N4O. The summed E-state index contributed by atoms with van der Waals surface area (Å²) < 4.78 is 1.89. The van der Waals surface area contributed by atoms with Crippen molar-refractivity contribution >= 4 is 5.91 Å². The lowest BCUT2D eigenvalue weighted by atomic mass is 10.0. The van der Waals surface area contributed by atoms with Crippen molar-refractivity contribution in [2.24, 2.45) is 7.05 Å². The molecule has 2 heterocycles. The summed E-state index contributed by atoms with van der Waals surface area (Å²) in [6.45, 7) is 4.33. The van der Waals surface area contributed by atoms with Crippen LogP contribution in [0.5, 0.6) is 0 Å². The molecule has 0 saturated carbocycles. The summed E-state index contributed by atoms with van der Waals surface area (Å²) in [6.07, 6.45) is 1.87. The van der Waals surface area contributed by atoms with E-state index in [1.54, 1.807) is 0 Å². The molecule has 110 valence electrons. The average molecular weight is 284 g/mol. The zero-order chi connectivity index (χ0) is 14.8. The minimum absolute atomic E-state index is 0.0762. The Morgan fingerprint density at radius 3 is 2.76 bits per heavy atom. The van der Waals surface area contributed by atoms with Crippen molar-refractivity contribution in [3.63, 3.8) is 0 Å². The van der Waals surface area contributed by atoms with E-state index < -0.39 is 0 Å². The molecule has 0 radical (unpaired) electrons. The molecule has 1 saturated heterocycles. The van der Waals surface area contributed by atoms with Gasteiger partial charge in [0.1, 0.15) is 6.04 Å². The van der Waals surface area contributed by atoms with Gasteiger partial charge in [-0.2, -0.15) is 5.10 Å². The first-order chi connectivity index (χ1) is 10.2. The van der Waals surface area contributed by atoms with Crippen LogP contribution in [0, 0.1) is 6.92 Å². The SMILES string of the molecule is Cc1cnn(C)c1CN1CCNC(=O)C1c1ccccc1. The van der Waals surface area contributed by atoms with Crippen molar-refractivity contribution in [1.82, 2.24) is 20.0 Å². The van der Waals surface area contributed by atoms with Crippen molar-refractivity contribution < 1.29 is 4.79 Å². The van der Waals surface area contributed by atoms with Crippen molar-refractivity contribution in [2.75, 3.05) is 13.1 Å². The van der Waals surface area contributed by atoms with Gasteiger partial charge in [-0.25, -0.2) is 0 Å². The third-order valence-corrected chi connectivity index (χ3v) is 4.05. The van der Waals surface area contributed by atoms with E-state index in [-0.39, 0.29) is 11.9 Å². The summed E-state index contributed by atoms with van der Waals surface area (Å²) in [5, 5.41) is 7.25. The number of nitrogens with one attached hydrogen (secondary N) is 1. The number of piperazine rings is 1. The molecule has 5 nitrogen and oxygen atoms in total. The Labute approximate surface area is 124 Å². The van der Waals surface area contributed by atoms with Gasteiger partial charge < -0.3 is 5.32 Å². The number of nitrogens with zero attached hydrogens (tertiary/aromatic N) is 3. The summed E-state index contributed by atoms with van der Waals surface area (Å²) in [4.78, 5) is 14.5. The van der Waals surface area contributed by atoms with Gasteiger partial charge in [0.2, 0.25) is 5.91 Å². The van der Waals surface area contributed by atoms with Gasteiger partial charge >= 0.3 is 0 Å². The van der Waals surface area contributed by atoms with Crippen LogP contribution in [-0.2, 0) is 18.4 Å². The van der Waals surface area contributed by atoms with E-state index in [0.717, 1.165) is 29.9 Å². The average Bonchev–Trinajstić information content (AvgIpc) is 2.80. The van der Waals surface area contributed by atoms with Crippen LogP contribution in [0.3, 0.4) is 0 Å². The molecule has 0 aliphatic carbocycles. The highest BCUT2D eigenvalue weighted by Crippen LogP contribution is 2.25. The third-order valence-electron chi connectivity index (χ3n) is 4.05. The molecule has 1 atom stereocenters. The maximum absolute atomic E-state index is 12.3. The summed E-state index contributed by atoms with van der Waals surface area (Å²) in [5.74, 6) is 0.0762. The molecular weight excluding hydrogens is 264 g/mol. The van der Waals surface area contributed by atoms with Crippen molar-refractivity contribution in [3.8, 4) is 0 Å². The van der Waals surface area contributed by atoms with Gasteiger partial charge in [-0.05, 0) is 18.1 Å². The predicted molar refractivity (Wildman–Crippen MR) is 80.5 cm³/mol. The van der Waals surface area contributed by atoms with Crippen molar-refractivity contribution in [2.45, 2.75) is 19.5 Å². The van der Waals surface area contributed by atoms with E-state index in [2.05, 4.69) is 22.2 Å². The standard InChI is InChI=1S/C16H20N4O/c1-12-10-18-19(2)14(12)11-20-9-8-17-16(21)15(20)13-6-4-3-5-7-13/h3-7,10,15H,8-9,11H2,1-2H3,(H,17,21). The number of aromatic nitrogens is 2. The first-order valence-electron chi connectivity index (χ1n) is 7.21. The number of carbonyl (C=O) groups is 1. The molecule has 1 N–H and O–H groups in total. The minimum Gasteiger partial charge on any atom is -0.353 e. The number of hydrogen-bond acceptors (Lipinski definition) is 3. The number of amides is 1. The Bertz CT molecular complexity index is 615. The lowest BCUT2D eigenvalue weighted by Gasteiger charge is -2.35. The quantitative estimate of drug-likeness (QED) is 0.927. The molecule has 1 aliphatic rings. The highest BCUT2D eigenvalue weighted by atomic mass is 16.2.